The van der Waals surface area contributed by atoms with Crippen molar-refractivity contribution in [2.45, 2.75) is 44.2 Å². The zero-order valence-corrected chi connectivity index (χ0v) is 9.14. The molecule has 0 N–H and O–H groups in total. The highest BCUT2D eigenvalue weighted by Gasteiger charge is 2.36. The predicted molar refractivity (Wildman–Crippen MR) is 55.1 cm³/mol. The molecule has 0 amide bonds. The third kappa shape index (κ3) is 2.06. The van der Waals surface area contributed by atoms with E-state index in [1.807, 2.05) is 6.92 Å². The zero-order valence-electron chi connectivity index (χ0n) is 9.14. The van der Waals surface area contributed by atoms with Crippen LogP contribution in [-0.2, 0) is 11.6 Å². The smallest absolute Gasteiger partial charge is 0.248 e. The summed E-state index contributed by atoms with van der Waals surface area (Å²) < 4.78 is 37.6. The lowest BCUT2D eigenvalue weighted by Crippen LogP contribution is -2.20. The maximum absolute atomic E-state index is 12.5. The van der Waals surface area contributed by atoms with Crippen molar-refractivity contribution in [1.82, 2.24) is 4.98 Å². The van der Waals surface area contributed by atoms with Gasteiger partial charge in [-0.1, -0.05) is 25.8 Å². The molecule has 0 aliphatic heterocycles. The second-order valence-corrected chi connectivity index (χ2v) is 4.67. The Kier molecular flexibility index (Phi) is 2.68. The van der Waals surface area contributed by atoms with Crippen LogP contribution in [0.3, 0.4) is 0 Å². The average Bonchev–Trinajstić information content (AvgIpc) is 2.66. The Morgan fingerprint density at radius 1 is 1.19 bits per heavy atom. The molecule has 0 bridgehead atoms. The Morgan fingerprint density at radius 2 is 1.81 bits per heavy atom. The van der Waals surface area contributed by atoms with Crippen LogP contribution in [0.5, 0.6) is 0 Å². The molecule has 0 radical (unpaired) electrons. The Morgan fingerprint density at radius 3 is 2.38 bits per heavy atom. The molecule has 1 nitrogen and oxygen atoms in total. The van der Waals surface area contributed by atoms with Crippen molar-refractivity contribution in [3.63, 3.8) is 0 Å². The largest absolute Gasteiger partial charge is 0.433 e. The summed E-state index contributed by atoms with van der Waals surface area (Å²) >= 11 is 0. The Labute approximate surface area is 92.7 Å². The van der Waals surface area contributed by atoms with Gasteiger partial charge in [0.25, 0.3) is 0 Å². The molecule has 1 saturated carbocycles. The molecule has 1 aromatic heterocycles. The van der Waals surface area contributed by atoms with Crippen molar-refractivity contribution in [3.8, 4) is 0 Å². The van der Waals surface area contributed by atoms with Gasteiger partial charge in [-0.15, -0.1) is 0 Å². The van der Waals surface area contributed by atoms with Gasteiger partial charge in [-0.25, -0.2) is 4.98 Å². The Bertz CT molecular complexity index is 378. The number of rotatable bonds is 1. The van der Waals surface area contributed by atoms with Crippen molar-refractivity contribution in [2.75, 3.05) is 0 Å². The molecule has 16 heavy (non-hydrogen) atoms. The van der Waals surface area contributed by atoms with Crippen LogP contribution in [0, 0.1) is 0 Å². The van der Waals surface area contributed by atoms with Crippen LogP contribution in [0.2, 0.25) is 0 Å². The van der Waals surface area contributed by atoms with Gasteiger partial charge in [-0.2, -0.15) is 13.2 Å². The van der Waals surface area contributed by atoms with E-state index >= 15 is 0 Å². The number of alkyl halides is 3. The van der Waals surface area contributed by atoms with Crippen LogP contribution < -0.4 is 0 Å². The van der Waals surface area contributed by atoms with Crippen molar-refractivity contribution >= 4 is 0 Å². The maximum atomic E-state index is 12.5. The molecule has 0 spiro atoms. The third-order valence-corrected chi connectivity index (χ3v) is 3.37. The van der Waals surface area contributed by atoms with E-state index in [1.54, 1.807) is 6.07 Å². The van der Waals surface area contributed by atoms with Crippen LogP contribution >= 0.6 is 0 Å². The van der Waals surface area contributed by atoms with E-state index in [9.17, 15) is 13.2 Å². The molecule has 1 heterocycles. The van der Waals surface area contributed by atoms with Crippen LogP contribution in [-0.4, -0.2) is 4.98 Å². The fourth-order valence-electron chi connectivity index (χ4n) is 2.34. The summed E-state index contributed by atoms with van der Waals surface area (Å²) in [5.74, 6) is 0. The van der Waals surface area contributed by atoms with E-state index < -0.39 is 11.9 Å². The van der Waals surface area contributed by atoms with Crippen LogP contribution in [0.4, 0.5) is 13.2 Å². The van der Waals surface area contributed by atoms with E-state index in [0.717, 1.165) is 31.7 Å². The molecule has 4 heteroatoms. The number of aromatic nitrogens is 1. The molecule has 1 fully saturated rings. The first kappa shape index (κ1) is 11.4. The number of halogens is 3. The third-order valence-electron chi connectivity index (χ3n) is 3.37. The van der Waals surface area contributed by atoms with E-state index in [4.69, 9.17) is 0 Å². The lowest BCUT2D eigenvalue weighted by molar-refractivity contribution is -0.141. The first-order valence-corrected chi connectivity index (χ1v) is 5.47. The van der Waals surface area contributed by atoms with Crippen molar-refractivity contribution < 1.29 is 13.2 Å². The minimum Gasteiger partial charge on any atom is -0.248 e. The summed E-state index contributed by atoms with van der Waals surface area (Å²) in [6.45, 7) is 2.00. The zero-order chi connectivity index (χ0) is 11.8. The van der Waals surface area contributed by atoms with Gasteiger partial charge in [0.1, 0.15) is 5.69 Å². The fourth-order valence-corrected chi connectivity index (χ4v) is 2.34. The maximum Gasteiger partial charge on any atom is 0.433 e. The summed E-state index contributed by atoms with van der Waals surface area (Å²) in [5, 5.41) is 0. The quantitative estimate of drug-likeness (QED) is 0.711. The van der Waals surface area contributed by atoms with Gasteiger partial charge >= 0.3 is 6.18 Å². The van der Waals surface area contributed by atoms with E-state index in [1.165, 1.54) is 6.07 Å². The molecular formula is C12H14F3N. The molecular weight excluding hydrogens is 215 g/mol. The van der Waals surface area contributed by atoms with Crippen molar-refractivity contribution in [3.05, 3.63) is 29.6 Å². The molecule has 2 rings (SSSR count). The summed E-state index contributed by atoms with van der Waals surface area (Å²) in [6, 6.07) is 4.19. The molecule has 1 aliphatic carbocycles. The summed E-state index contributed by atoms with van der Waals surface area (Å²) in [5.41, 5.74) is -0.362. The van der Waals surface area contributed by atoms with E-state index in [0.29, 0.717) is 5.69 Å². The molecule has 0 aromatic carbocycles. The molecule has 0 saturated heterocycles. The molecule has 0 atom stereocenters. The van der Waals surface area contributed by atoms with Crippen LogP contribution in [0.25, 0.3) is 0 Å². The highest BCUT2D eigenvalue weighted by atomic mass is 19.4. The molecule has 0 unspecified atom stereocenters. The number of hydrogen-bond donors (Lipinski definition) is 0. The fraction of sp³-hybridized carbons (Fsp3) is 0.583. The number of pyridine rings is 1. The number of nitrogens with zero attached hydrogens (tertiary/aromatic N) is 1. The first-order valence-electron chi connectivity index (χ1n) is 5.47. The normalized spacial score (nSPS) is 20.0. The summed E-state index contributed by atoms with van der Waals surface area (Å²) in [4.78, 5) is 3.77. The minimum absolute atomic E-state index is 0.165. The van der Waals surface area contributed by atoms with Gasteiger partial charge in [0.2, 0.25) is 0 Å². The standard InChI is InChI=1S/C12H14F3N/c1-11(7-2-3-8-11)9-5-4-6-10(16-9)12(13,14)15/h4-6H,2-3,7-8H2,1H3. The molecule has 88 valence electrons. The van der Waals surface area contributed by atoms with Crippen LogP contribution in [0.15, 0.2) is 18.2 Å². The first-order chi connectivity index (χ1) is 7.42. The van der Waals surface area contributed by atoms with Crippen molar-refractivity contribution in [2.24, 2.45) is 0 Å². The lowest BCUT2D eigenvalue weighted by Gasteiger charge is -2.23. The van der Waals surface area contributed by atoms with Gasteiger partial charge < -0.3 is 0 Å². The highest BCUT2D eigenvalue weighted by Crippen LogP contribution is 2.40. The second kappa shape index (κ2) is 3.75. The van der Waals surface area contributed by atoms with Gasteiger partial charge in [-0.05, 0) is 25.0 Å². The lowest BCUT2D eigenvalue weighted by atomic mass is 9.84. The van der Waals surface area contributed by atoms with Gasteiger partial charge in [0.15, 0.2) is 0 Å². The van der Waals surface area contributed by atoms with Gasteiger partial charge in [0, 0.05) is 11.1 Å². The SMILES string of the molecule is CC1(c2cccc(C(F)(F)F)n2)CCCC1. The van der Waals surface area contributed by atoms with Crippen molar-refractivity contribution in [1.29, 1.82) is 0 Å². The molecule has 1 aromatic rings. The molecule has 1 aliphatic rings. The Hall–Kier alpha value is -1.06. The van der Waals surface area contributed by atoms with E-state index in [-0.39, 0.29) is 5.41 Å². The predicted octanol–water partition coefficient (Wildman–Crippen LogP) is 3.93. The topological polar surface area (TPSA) is 12.9 Å². The Balaban J connectivity index is 2.36. The van der Waals surface area contributed by atoms with Gasteiger partial charge in [-0.3, -0.25) is 0 Å². The average molecular weight is 229 g/mol. The van der Waals surface area contributed by atoms with E-state index in [2.05, 4.69) is 4.98 Å². The number of hydrogen-bond acceptors (Lipinski definition) is 1. The van der Waals surface area contributed by atoms with Gasteiger partial charge in [0.05, 0.1) is 0 Å². The second-order valence-electron chi connectivity index (χ2n) is 4.67. The highest BCUT2D eigenvalue weighted by molar-refractivity contribution is 5.21. The van der Waals surface area contributed by atoms with Crippen LogP contribution in [0.1, 0.15) is 44.0 Å². The summed E-state index contributed by atoms with van der Waals surface area (Å²) in [6.07, 6.45) is -0.323. The summed E-state index contributed by atoms with van der Waals surface area (Å²) in [7, 11) is 0. The monoisotopic (exact) mass is 229 g/mol. The minimum atomic E-state index is -4.34.